The maximum absolute atomic E-state index is 13.4. The summed E-state index contributed by atoms with van der Waals surface area (Å²) in [5, 5.41) is 2.58. The standard InChI is InChI=1S/C22H16FN/c1-14-6-11-20-19(12-14)22-18-5-3-2-4-15(18)13-21(22)24(20)17-9-7-16(23)8-10-17/h2-13,21H,1H3. The first-order valence-corrected chi connectivity index (χ1v) is 8.19. The van der Waals surface area contributed by atoms with Crippen LogP contribution in [0.5, 0.6) is 0 Å². The number of benzene rings is 3. The summed E-state index contributed by atoms with van der Waals surface area (Å²) in [6, 6.07) is 22.1. The van der Waals surface area contributed by atoms with Gasteiger partial charge >= 0.3 is 0 Å². The summed E-state index contributed by atoms with van der Waals surface area (Å²) in [6.45, 7) is 2.13. The molecule has 1 aliphatic carbocycles. The Hall–Kier alpha value is -2.87. The quantitative estimate of drug-likeness (QED) is 0.663. The number of hydrogen-bond donors (Lipinski definition) is 0. The van der Waals surface area contributed by atoms with Crippen molar-refractivity contribution >= 4 is 23.0 Å². The lowest BCUT2D eigenvalue weighted by Crippen LogP contribution is -2.24. The molecule has 0 radical (unpaired) electrons. The lowest BCUT2D eigenvalue weighted by molar-refractivity contribution is 0.628. The Morgan fingerprint density at radius 2 is 1.71 bits per heavy atom. The van der Waals surface area contributed by atoms with E-state index in [0.29, 0.717) is 0 Å². The summed E-state index contributed by atoms with van der Waals surface area (Å²) in [5.74, 6) is -0.204. The summed E-state index contributed by atoms with van der Waals surface area (Å²) in [4.78, 5) is 2.31. The second-order valence-corrected chi connectivity index (χ2v) is 6.48. The molecule has 2 heteroatoms. The Morgan fingerprint density at radius 3 is 2.54 bits per heavy atom. The number of hydrogen-bond acceptors (Lipinski definition) is 1. The summed E-state index contributed by atoms with van der Waals surface area (Å²) < 4.78 is 13.4. The average molecular weight is 313 g/mol. The fourth-order valence-corrected chi connectivity index (χ4v) is 3.94. The number of nitrogens with zero attached hydrogens (tertiary/aromatic N) is 1. The lowest BCUT2D eigenvalue weighted by Gasteiger charge is -2.25. The van der Waals surface area contributed by atoms with Crippen LogP contribution in [0.4, 0.5) is 15.8 Å². The Labute approximate surface area is 140 Å². The van der Waals surface area contributed by atoms with Crippen molar-refractivity contribution in [2.24, 2.45) is 0 Å². The van der Waals surface area contributed by atoms with Gasteiger partial charge in [0.1, 0.15) is 5.82 Å². The molecule has 0 aromatic heterocycles. The van der Waals surface area contributed by atoms with Gasteiger partial charge in [-0.15, -0.1) is 0 Å². The average Bonchev–Trinajstić information content (AvgIpc) is 3.10. The molecular weight excluding hydrogens is 297 g/mol. The largest absolute Gasteiger partial charge is 0.330 e. The molecule has 3 aromatic rings. The van der Waals surface area contributed by atoms with Crippen molar-refractivity contribution in [3.8, 4) is 0 Å². The number of anilines is 2. The van der Waals surface area contributed by atoms with E-state index in [1.165, 1.54) is 45.0 Å². The molecule has 1 unspecified atom stereocenters. The zero-order valence-electron chi connectivity index (χ0n) is 13.3. The van der Waals surface area contributed by atoms with Crippen LogP contribution in [0.1, 0.15) is 11.1 Å². The summed E-state index contributed by atoms with van der Waals surface area (Å²) in [7, 11) is 0. The summed E-state index contributed by atoms with van der Waals surface area (Å²) >= 11 is 0. The molecule has 5 rings (SSSR count). The molecule has 0 N–H and O–H groups in total. The maximum Gasteiger partial charge on any atom is 0.123 e. The minimum absolute atomic E-state index is 0.171. The SMILES string of the molecule is Cc1ccc2c(c1)C1=c3ccccc3=CC1N2c1ccc(F)cc1. The van der Waals surface area contributed by atoms with Crippen LogP contribution in [0.2, 0.25) is 0 Å². The first-order chi connectivity index (χ1) is 11.7. The van der Waals surface area contributed by atoms with Gasteiger partial charge in [-0.05, 0) is 65.4 Å². The second kappa shape index (κ2) is 4.81. The molecule has 24 heavy (non-hydrogen) atoms. The molecule has 0 amide bonds. The zero-order chi connectivity index (χ0) is 16.3. The van der Waals surface area contributed by atoms with E-state index in [1.54, 1.807) is 0 Å². The molecule has 1 nitrogen and oxygen atoms in total. The lowest BCUT2D eigenvalue weighted by atomic mass is 10.0. The Balaban J connectivity index is 1.83. The number of aryl methyl sites for hydroxylation is 1. The Bertz CT molecular complexity index is 1080. The van der Waals surface area contributed by atoms with Gasteiger partial charge in [0.05, 0.1) is 6.04 Å². The molecule has 0 spiro atoms. The van der Waals surface area contributed by atoms with Gasteiger partial charge in [-0.1, -0.05) is 35.9 Å². The van der Waals surface area contributed by atoms with Gasteiger partial charge in [-0.25, -0.2) is 4.39 Å². The van der Waals surface area contributed by atoms with E-state index in [0.717, 1.165) is 5.69 Å². The van der Waals surface area contributed by atoms with Gasteiger partial charge in [0.15, 0.2) is 0 Å². The molecule has 2 aliphatic rings. The van der Waals surface area contributed by atoms with Crippen molar-refractivity contribution in [1.82, 2.24) is 0 Å². The highest BCUT2D eigenvalue weighted by atomic mass is 19.1. The summed E-state index contributed by atoms with van der Waals surface area (Å²) in [6.07, 6.45) is 2.31. The molecule has 1 aliphatic heterocycles. The molecule has 0 saturated heterocycles. The van der Waals surface area contributed by atoms with Crippen molar-refractivity contribution in [3.05, 3.63) is 94.1 Å². The van der Waals surface area contributed by atoms with Crippen molar-refractivity contribution in [1.29, 1.82) is 0 Å². The minimum atomic E-state index is -0.204. The van der Waals surface area contributed by atoms with Crippen molar-refractivity contribution < 1.29 is 4.39 Å². The van der Waals surface area contributed by atoms with Crippen LogP contribution in [-0.4, -0.2) is 6.04 Å². The van der Waals surface area contributed by atoms with E-state index in [1.807, 2.05) is 12.1 Å². The van der Waals surface area contributed by atoms with E-state index >= 15 is 0 Å². The van der Waals surface area contributed by atoms with Crippen LogP contribution in [-0.2, 0) is 0 Å². The highest BCUT2D eigenvalue weighted by Gasteiger charge is 2.36. The van der Waals surface area contributed by atoms with Gasteiger partial charge in [0, 0.05) is 16.9 Å². The highest BCUT2D eigenvalue weighted by molar-refractivity contribution is 5.97. The van der Waals surface area contributed by atoms with E-state index in [4.69, 9.17) is 0 Å². The van der Waals surface area contributed by atoms with Crippen molar-refractivity contribution in [2.45, 2.75) is 13.0 Å². The Kier molecular flexibility index (Phi) is 2.72. The molecular formula is C22H16FN. The van der Waals surface area contributed by atoms with Crippen molar-refractivity contribution in [2.75, 3.05) is 4.90 Å². The van der Waals surface area contributed by atoms with E-state index in [9.17, 15) is 4.39 Å². The fourth-order valence-electron chi connectivity index (χ4n) is 3.94. The minimum Gasteiger partial charge on any atom is -0.330 e. The zero-order valence-corrected chi connectivity index (χ0v) is 13.3. The fraction of sp³-hybridized carbons (Fsp3) is 0.0909. The molecule has 0 saturated carbocycles. The predicted octanol–water partition coefficient (Wildman–Crippen LogP) is 3.65. The maximum atomic E-state index is 13.4. The molecule has 116 valence electrons. The van der Waals surface area contributed by atoms with Crippen LogP contribution in [0.25, 0.3) is 11.6 Å². The number of fused-ring (bicyclic) bond motifs is 4. The third-order valence-corrected chi connectivity index (χ3v) is 4.97. The normalized spacial score (nSPS) is 17.3. The third-order valence-electron chi connectivity index (χ3n) is 4.97. The predicted molar refractivity (Wildman–Crippen MR) is 96.2 cm³/mol. The van der Waals surface area contributed by atoms with Gasteiger partial charge < -0.3 is 4.90 Å². The van der Waals surface area contributed by atoms with Gasteiger partial charge in [-0.2, -0.15) is 0 Å². The monoisotopic (exact) mass is 313 g/mol. The molecule has 0 bridgehead atoms. The second-order valence-electron chi connectivity index (χ2n) is 6.48. The first kappa shape index (κ1) is 13.6. The van der Waals surface area contributed by atoms with E-state index in [-0.39, 0.29) is 11.9 Å². The highest BCUT2D eigenvalue weighted by Crippen LogP contribution is 2.45. The number of halogens is 1. The summed E-state index contributed by atoms with van der Waals surface area (Å²) in [5.41, 5.74) is 6.10. The smallest absolute Gasteiger partial charge is 0.123 e. The van der Waals surface area contributed by atoms with Crippen LogP contribution >= 0.6 is 0 Å². The van der Waals surface area contributed by atoms with Gasteiger partial charge in [-0.3, -0.25) is 0 Å². The van der Waals surface area contributed by atoms with Crippen LogP contribution in [0.15, 0.2) is 66.7 Å². The first-order valence-electron chi connectivity index (χ1n) is 8.19. The van der Waals surface area contributed by atoms with Crippen LogP contribution < -0.4 is 15.3 Å². The van der Waals surface area contributed by atoms with Gasteiger partial charge in [0.2, 0.25) is 0 Å². The molecule has 1 heterocycles. The van der Waals surface area contributed by atoms with Crippen LogP contribution in [0, 0.1) is 12.7 Å². The van der Waals surface area contributed by atoms with Gasteiger partial charge in [0.25, 0.3) is 0 Å². The third kappa shape index (κ3) is 1.80. The topological polar surface area (TPSA) is 3.24 Å². The number of rotatable bonds is 1. The molecule has 1 atom stereocenters. The molecule has 3 aromatic carbocycles. The van der Waals surface area contributed by atoms with E-state index < -0.39 is 0 Å². The van der Waals surface area contributed by atoms with Crippen molar-refractivity contribution in [3.63, 3.8) is 0 Å². The van der Waals surface area contributed by atoms with E-state index in [2.05, 4.69) is 60.4 Å². The Morgan fingerprint density at radius 1 is 0.917 bits per heavy atom. The van der Waals surface area contributed by atoms with Crippen LogP contribution in [0.3, 0.4) is 0 Å². The molecule has 0 fully saturated rings.